The molecule has 0 aromatic carbocycles. The molecule has 8 heteroatoms. The summed E-state index contributed by atoms with van der Waals surface area (Å²) >= 11 is 0. The highest BCUT2D eigenvalue weighted by Gasteiger charge is 2.39. The van der Waals surface area contributed by atoms with Crippen LogP contribution in [0.5, 0.6) is 0 Å². The lowest BCUT2D eigenvalue weighted by atomic mass is 9.98. The molecule has 2 amide bonds. The van der Waals surface area contributed by atoms with Crippen molar-refractivity contribution in [2.24, 2.45) is 11.7 Å². The number of nitrogens with zero attached hydrogens (tertiary/aromatic N) is 1. The number of aliphatic carboxylic acids is 1. The lowest BCUT2D eigenvalue weighted by Crippen LogP contribution is -2.58. The zero-order valence-corrected chi connectivity index (χ0v) is 13.9. The molecule has 1 rings (SSSR count). The lowest BCUT2D eigenvalue weighted by molar-refractivity contribution is -0.150. The van der Waals surface area contributed by atoms with E-state index in [0.29, 0.717) is 25.8 Å². The smallest absolute Gasteiger partial charge is 0.326 e. The first-order valence-corrected chi connectivity index (χ1v) is 7.98. The number of aliphatic hydroxyl groups excluding tert-OH is 1. The first-order chi connectivity index (χ1) is 10.7. The van der Waals surface area contributed by atoms with Crippen LogP contribution in [-0.2, 0) is 14.4 Å². The Labute approximate surface area is 136 Å². The van der Waals surface area contributed by atoms with E-state index in [4.69, 9.17) is 10.8 Å². The second kappa shape index (κ2) is 8.26. The zero-order chi connectivity index (χ0) is 17.7. The molecule has 1 saturated heterocycles. The molecule has 0 aliphatic carbocycles. The summed E-state index contributed by atoms with van der Waals surface area (Å²) in [7, 11) is 0. The summed E-state index contributed by atoms with van der Waals surface area (Å²) in [5, 5.41) is 21.5. The van der Waals surface area contributed by atoms with Gasteiger partial charge in [-0.05, 0) is 25.7 Å². The molecular formula is C15H27N3O5. The molecular weight excluding hydrogens is 302 g/mol. The normalized spacial score (nSPS) is 23.0. The zero-order valence-electron chi connectivity index (χ0n) is 13.9. The number of likely N-dealkylation sites (tertiary alicyclic amines) is 1. The number of aliphatic hydroxyl groups is 1. The van der Waals surface area contributed by atoms with Crippen LogP contribution < -0.4 is 11.1 Å². The maximum Gasteiger partial charge on any atom is 0.326 e. The number of hydrogen-bond acceptors (Lipinski definition) is 5. The van der Waals surface area contributed by atoms with E-state index >= 15 is 0 Å². The Morgan fingerprint density at radius 1 is 1.35 bits per heavy atom. The Bertz CT molecular complexity index is 454. The Morgan fingerprint density at radius 2 is 1.96 bits per heavy atom. The van der Waals surface area contributed by atoms with Gasteiger partial charge >= 0.3 is 5.97 Å². The van der Waals surface area contributed by atoms with E-state index < -0.39 is 42.0 Å². The first-order valence-electron chi connectivity index (χ1n) is 7.98. The van der Waals surface area contributed by atoms with Crippen LogP contribution in [0.25, 0.3) is 0 Å². The van der Waals surface area contributed by atoms with Crippen LogP contribution in [0.4, 0.5) is 0 Å². The first kappa shape index (κ1) is 19.4. The summed E-state index contributed by atoms with van der Waals surface area (Å²) in [5.74, 6) is -2.26. The second-order valence-corrected chi connectivity index (χ2v) is 6.17. The molecule has 1 heterocycles. The van der Waals surface area contributed by atoms with Gasteiger partial charge in [0.25, 0.3) is 0 Å². The summed E-state index contributed by atoms with van der Waals surface area (Å²) in [6, 6.07) is -2.90. The topological polar surface area (TPSA) is 133 Å². The van der Waals surface area contributed by atoms with E-state index in [2.05, 4.69) is 5.32 Å². The summed E-state index contributed by atoms with van der Waals surface area (Å²) in [6.07, 6.45) is 0.504. The van der Waals surface area contributed by atoms with Crippen LogP contribution in [0.1, 0.15) is 40.0 Å². The number of nitrogens with one attached hydrogen (secondary N) is 1. The standard InChI is InChI=1S/C15H27N3O5/c1-4-8(2)11(16)13(20)17-12(9(3)19)14(21)18-7-5-6-10(18)15(22)23/h8-12,19H,4-7,16H2,1-3H3,(H,17,20)(H,22,23)/t8-,9+,10-,11-,12-/m0/s1. The quantitative estimate of drug-likeness (QED) is 0.488. The SMILES string of the molecule is CC[C@H](C)[C@H](N)C(=O)N[C@H](C(=O)N1CCC[C@H]1C(=O)O)[C@@H](C)O. The fourth-order valence-electron chi connectivity index (χ4n) is 2.62. The number of carboxylic acids is 1. The third kappa shape index (κ3) is 4.65. The van der Waals surface area contributed by atoms with Crippen LogP contribution in [0.15, 0.2) is 0 Å². The molecule has 1 aliphatic rings. The number of hydrogen-bond donors (Lipinski definition) is 4. The Balaban J connectivity index is 2.84. The minimum absolute atomic E-state index is 0.0710. The molecule has 132 valence electrons. The van der Waals surface area contributed by atoms with Crippen LogP contribution in [-0.4, -0.2) is 63.7 Å². The van der Waals surface area contributed by atoms with Gasteiger partial charge in [0.05, 0.1) is 12.1 Å². The number of carbonyl (C=O) groups is 3. The molecule has 0 aromatic heterocycles. The van der Waals surface area contributed by atoms with Gasteiger partial charge < -0.3 is 26.2 Å². The Morgan fingerprint density at radius 3 is 2.43 bits per heavy atom. The van der Waals surface area contributed by atoms with Crippen LogP contribution in [0, 0.1) is 5.92 Å². The van der Waals surface area contributed by atoms with Gasteiger partial charge in [-0.1, -0.05) is 20.3 Å². The fraction of sp³-hybridized carbons (Fsp3) is 0.800. The molecule has 5 atom stereocenters. The van der Waals surface area contributed by atoms with Gasteiger partial charge in [0, 0.05) is 6.54 Å². The molecule has 0 aromatic rings. The van der Waals surface area contributed by atoms with E-state index in [1.54, 1.807) is 0 Å². The van der Waals surface area contributed by atoms with Crippen LogP contribution in [0.2, 0.25) is 0 Å². The van der Waals surface area contributed by atoms with Gasteiger partial charge in [0.1, 0.15) is 12.1 Å². The summed E-state index contributed by atoms with van der Waals surface area (Å²) < 4.78 is 0. The van der Waals surface area contributed by atoms with Crippen molar-refractivity contribution in [2.75, 3.05) is 6.54 Å². The van der Waals surface area contributed by atoms with Gasteiger partial charge in [0.2, 0.25) is 11.8 Å². The third-order valence-electron chi connectivity index (χ3n) is 4.43. The molecule has 0 unspecified atom stereocenters. The van der Waals surface area contributed by atoms with Crippen molar-refractivity contribution < 1.29 is 24.6 Å². The highest BCUT2D eigenvalue weighted by Crippen LogP contribution is 2.19. The fourth-order valence-corrected chi connectivity index (χ4v) is 2.62. The Hall–Kier alpha value is -1.67. The molecule has 0 saturated carbocycles. The van der Waals surface area contributed by atoms with E-state index in [1.165, 1.54) is 11.8 Å². The molecule has 1 aliphatic heterocycles. The van der Waals surface area contributed by atoms with E-state index in [0.717, 1.165) is 0 Å². The average molecular weight is 329 g/mol. The van der Waals surface area contributed by atoms with Gasteiger partial charge in [-0.25, -0.2) is 4.79 Å². The van der Waals surface area contributed by atoms with Crippen LogP contribution in [0.3, 0.4) is 0 Å². The number of nitrogens with two attached hydrogens (primary N) is 1. The van der Waals surface area contributed by atoms with Crippen LogP contribution >= 0.6 is 0 Å². The maximum atomic E-state index is 12.5. The molecule has 5 N–H and O–H groups in total. The van der Waals surface area contributed by atoms with Crippen molar-refractivity contribution in [1.82, 2.24) is 10.2 Å². The van der Waals surface area contributed by atoms with Crippen molar-refractivity contribution >= 4 is 17.8 Å². The minimum Gasteiger partial charge on any atom is -0.480 e. The highest BCUT2D eigenvalue weighted by molar-refractivity contribution is 5.92. The Kier molecular flexibility index (Phi) is 6.96. The van der Waals surface area contributed by atoms with Crippen molar-refractivity contribution in [2.45, 2.75) is 64.3 Å². The average Bonchev–Trinajstić information content (AvgIpc) is 2.99. The minimum atomic E-state index is -1.20. The number of carbonyl (C=O) groups excluding carboxylic acids is 2. The predicted octanol–water partition coefficient (Wildman–Crippen LogP) is -0.699. The maximum absolute atomic E-state index is 12.5. The van der Waals surface area contributed by atoms with Gasteiger partial charge in [-0.15, -0.1) is 0 Å². The van der Waals surface area contributed by atoms with Crippen molar-refractivity contribution in [3.05, 3.63) is 0 Å². The van der Waals surface area contributed by atoms with Gasteiger partial charge in [0.15, 0.2) is 0 Å². The van der Waals surface area contributed by atoms with Gasteiger partial charge in [-0.3, -0.25) is 9.59 Å². The largest absolute Gasteiger partial charge is 0.480 e. The number of amides is 2. The number of carboxylic acid groups (broad SMARTS) is 1. The highest BCUT2D eigenvalue weighted by atomic mass is 16.4. The predicted molar refractivity (Wildman–Crippen MR) is 83.4 cm³/mol. The lowest BCUT2D eigenvalue weighted by Gasteiger charge is -2.30. The molecule has 0 spiro atoms. The van der Waals surface area contributed by atoms with E-state index in [1.807, 2.05) is 13.8 Å². The molecule has 1 fully saturated rings. The molecule has 23 heavy (non-hydrogen) atoms. The number of rotatable bonds is 7. The summed E-state index contributed by atoms with van der Waals surface area (Å²) in [6.45, 7) is 5.40. The van der Waals surface area contributed by atoms with Crippen molar-refractivity contribution in [1.29, 1.82) is 0 Å². The van der Waals surface area contributed by atoms with Crippen molar-refractivity contribution in [3.8, 4) is 0 Å². The van der Waals surface area contributed by atoms with E-state index in [9.17, 15) is 19.5 Å². The molecule has 0 radical (unpaired) electrons. The monoisotopic (exact) mass is 329 g/mol. The van der Waals surface area contributed by atoms with Crippen molar-refractivity contribution in [3.63, 3.8) is 0 Å². The second-order valence-electron chi connectivity index (χ2n) is 6.17. The molecule has 8 nitrogen and oxygen atoms in total. The third-order valence-corrected chi connectivity index (χ3v) is 4.43. The summed E-state index contributed by atoms with van der Waals surface area (Å²) in [5.41, 5.74) is 5.84. The molecule has 0 bridgehead atoms. The summed E-state index contributed by atoms with van der Waals surface area (Å²) in [4.78, 5) is 37.1. The van der Waals surface area contributed by atoms with Gasteiger partial charge in [-0.2, -0.15) is 0 Å². The van der Waals surface area contributed by atoms with E-state index in [-0.39, 0.29) is 5.92 Å².